The van der Waals surface area contributed by atoms with Crippen molar-refractivity contribution in [2.75, 3.05) is 6.54 Å². The van der Waals surface area contributed by atoms with Gasteiger partial charge >= 0.3 is 6.18 Å². The number of hydrogen-bond donors (Lipinski definition) is 2. The van der Waals surface area contributed by atoms with Crippen molar-refractivity contribution in [2.24, 2.45) is 0 Å². The molecule has 0 spiro atoms. The number of aromatic nitrogens is 1. The van der Waals surface area contributed by atoms with E-state index in [-0.39, 0.29) is 6.04 Å². The Balaban J connectivity index is 1.77. The highest BCUT2D eigenvalue weighted by Crippen LogP contribution is 2.34. The number of para-hydroxylation sites is 1. The maximum absolute atomic E-state index is 12.9. The molecule has 2 N–H and O–H groups in total. The zero-order valence-electron chi connectivity index (χ0n) is 15.2. The highest BCUT2D eigenvalue weighted by molar-refractivity contribution is 5.85. The Morgan fingerprint density at radius 1 is 1.04 bits per heavy atom. The quantitative estimate of drug-likeness (QED) is 0.659. The van der Waals surface area contributed by atoms with Crippen LogP contribution >= 0.6 is 0 Å². The number of benzene rings is 2. The topological polar surface area (TPSA) is 45.2 Å². The zero-order chi connectivity index (χ0) is 19.7. The highest BCUT2D eigenvalue weighted by Gasteiger charge is 2.30. The van der Waals surface area contributed by atoms with Crippen LogP contribution in [-0.2, 0) is 6.18 Å². The summed E-state index contributed by atoms with van der Waals surface area (Å²) in [4.78, 5) is 4.61. The van der Waals surface area contributed by atoms with Crippen LogP contribution in [0.4, 0.5) is 13.2 Å². The molecule has 1 aliphatic rings. The van der Waals surface area contributed by atoms with Crippen molar-refractivity contribution in [1.82, 2.24) is 10.3 Å². The number of nitrogens with one attached hydrogen (secondary N) is 1. The van der Waals surface area contributed by atoms with Gasteiger partial charge in [0.05, 0.1) is 22.9 Å². The Morgan fingerprint density at radius 2 is 1.79 bits per heavy atom. The molecular weight excluding hydrogens is 365 g/mol. The molecule has 146 valence electrons. The van der Waals surface area contributed by atoms with Gasteiger partial charge < -0.3 is 10.4 Å². The molecule has 3 nitrogen and oxygen atoms in total. The maximum atomic E-state index is 12.9. The number of aliphatic hydroxyl groups is 1. The Bertz CT molecular complexity index is 964. The highest BCUT2D eigenvalue weighted by atomic mass is 19.4. The van der Waals surface area contributed by atoms with Gasteiger partial charge in [-0.05, 0) is 49.2 Å². The SMILES string of the molecule is OC(c1cc(-c2ccc(C(F)(F)F)cc2)nc2ccccc12)C1CCCCN1. The van der Waals surface area contributed by atoms with E-state index in [1.165, 1.54) is 12.1 Å². The molecule has 0 saturated carbocycles. The number of rotatable bonds is 3. The van der Waals surface area contributed by atoms with E-state index >= 15 is 0 Å². The molecule has 0 aliphatic carbocycles. The third-order valence-electron chi connectivity index (χ3n) is 5.30. The van der Waals surface area contributed by atoms with E-state index in [0.717, 1.165) is 48.9 Å². The summed E-state index contributed by atoms with van der Waals surface area (Å²) >= 11 is 0. The summed E-state index contributed by atoms with van der Waals surface area (Å²) in [5, 5.41) is 15.3. The van der Waals surface area contributed by atoms with Gasteiger partial charge in [0, 0.05) is 17.0 Å². The first-order chi connectivity index (χ1) is 13.4. The molecule has 0 amide bonds. The Labute approximate surface area is 161 Å². The van der Waals surface area contributed by atoms with Crippen LogP contribution in [0.1, 0.15) is 36.5 Å². The van der Waals surface area contributed by atoms with E-state index < -0.39 is 17.8 Å². The van der Waals surface area contributed by atoms with Crippen LogP contribution in [-0.4, -0.2) is 22.7 Å². The van der Waals surface area contributed by atoms with Crippen molar-refractivity contribution >= 4 is 10.9 Å². The molecule has 1 fully saturated rings. The van der Waals surface area contributed by atoms with Crippen LogP contribution in [0, 0.1) is 0 Å². The zero-order valence-corrected chi connectivity index (χ0v) is 15.2. The Morgan fingerprint density at radius 3 is 2.46 bits per heavy atom. The third-order valence-corrected chi connectivity index (χ3v) is 5.30. The van der Waals surface area contributed by atoms with Crippen molar-refractivity contribution in [2.45, 2.75) is 37.6 Å². The predicted molar refractivity (Wildman–Crippen MR) is 103 cm³/mol. The molecule has 0 bridgehead atoms. The lowest BCUT2D eigenvalue weighted by molar-refractivity contribution is -0.137. The van der Waals surface area contributed by atoms with Gasteiger partial charge in [-0.25, -0.2) is 4.98 Å². The van der Waals surface area contributed by atoms with Crippen LogP contribution in [0.3, 0.4) is 0 Å². The Kier molecular flexibility index (Phi) is 5.08. The normalized spacial score (nSPS) is 18.9. The number of pyridine rings is 1. The van der Waals surface area contributed by atoms with Crippen LogP contribution in [0.15, 0.2) is 54.6 Å². The molecule has 6 heteroatoms. The van der Waals surface area contributed by atoms with Gasteiger partial charge in [-0.1, -0.05) is 36.8 Å². The molecule has 28 heavy (non-hydrogen) atoms. The van der Waals surface area contributed by atoms with Gasteiger partial charge in [-0.3, -0.25) is 0 Å². The van der Waals surface area contributed by atoms with E-state index in [2.05, 4.69) is 10.3 Å². The first-order valence-corrected chi connectivity index (χ1v) is 9.42. The summed E-state index contributed by atoms with van der Waals surface area (Å²) in [6.07, 6.45) is -2.04. The molecule has 3 aromatic rings. The number of piperidine rings is 1. The second kappa shape index (κ2) is 7.53. The van der Waals surface area contributed by atoms with Crippen molar-refractivity contribution in [3.63, 3.8) is 0 Å². The van der Waals surface area contributed by atoms with Crippen LogP contribution in [0.25, 0.3) is 22.2 Å². The minimum Gasteiger partial charge on any atom is -0.387 e. The van der Waals surface area contributed by atoms with Gasteiger partial charge in [-0.2, -0.15) is 13.2 Å². The van der Waals surface area contributed by atoms with Crippen LogP contribution in [0.5, 0.6) is 0 Å². The predicted octanol–water partition coefficient (Wildman–Crippen LogP) is 5.10. The maximum Gasteiger partial charge on any atom is 0.416 e. The number of fused-ring (bicyclic) bond motifs is 1. The molecule has 2 heterocycles. The monoisotopic (exact) mass is 386 g/mol. The molecule has 1 saturated heterocycles. The first kappa shape index (κ1) is 18.9. The van der Waals surface area contributed by atoms with E-state index in [1.807, 2.05) is 24.3 Å². The fourth-order valence-electron chi connectivity index (χ4n) is 3.79. The van der Waals surface area contributed by atoms with E-state index in [9.17, 15) is 18.3 Å². The average molecular weight is 386 g/mol. The summed E-state index contributed by atoms with van der Waals surface area (Å²) < 4.78 is 38.6. The molecule has 1 aromatic heterocycles. The van der Waals surface area contributed by atoms with Gasteiger partial charge in [0.2, 0.25) is 0 Å². The molecule has 4 rings (SSSR count). The van der Waals surface area contributed by atoms with E-state index in [4.69, 9.17) is 0 Å². The van der Waals surface area contributed by atoms with Crippen molar-refractivity contribution in [3.8, 4) is 11.3 Å². The molecule has 1 aliphatic heterocycles. The average Bonchev–Trinajstić information content (AvgIpc) is 2.72. The third kappa shape index (κ3) is 3.75. The summed E-state index contributed by atoms with van der Waals surface area (Å²) in [5.41, 5.74) is 1.91. The summed E-state index contributed by atoms with van der Waals surface area (Å²) in [6, 6.07) is 14.3. The number of hydrogen-bond acceptors (Lipinski definition) is 3. The molecule has 2 atom stereocenters. The number of aliphatic hydroxyl groups excluding tert-OH is 1. The summed E-state index contributed by atoms with van der Waals surface area (Å²) in [5.74, 6) is 0. The Hall–Kier alpha value is -2.44. The van der Waals surface area contributed by atoms with Crippen LogP contribution in [0.2, 0.25) is 0 Å². The van der Waals surface area contributed by atoms with Gasteiger partial charge in [0.1, 0.15) is 0 Å². The summed E-state index contributed by atoms with van der Waals surface area (Å²) in [7, 11) is 0. The molecule has 2 aromatic carbocycles. The molecule has 0 radical (unpaired) electrons. The first-order valence-electron chi connectivity index (χ1n) is 9.42. The van der Waals surface area contributed by atoms with E-state index in [1.54, 1.807) is 6.07 Å². The lowest BCUT2D eigenvalue weighted by atomic mass is 9.92. The second-order valence-electron chi connectivity index (χ2n) is 7.19. The fraction of sp³-hybridized carbons (Fsp3) is 0.318. The van der Waals surface area contributed by atoms with E-state index in [0.29, 0.717) is 16.8 Å². The minimum absolute atomic E-state index is 0.0417. The van der Waals surface area contributed by atoms with Gasteiger partial charge in [0.15, 0.2) is 0 Å². The van der Waals surface area contributed by atoms with Gasteiger partial charge in [0.25, 0.3) is 0 Å². The summed E-state index contributed by atoms with van der Waals surface area (Å²) in [6.45, 7) is 0.872. The lowest BCUT2D eigenvalue weighted by Crippen LogP contribution is -2.38. The van der Waals surface area contributed by atoms with Gasteiger partial charge in [-0.15, -0.1) is 0 Å². The van der Waals surface area contributed by atoms with Crippen LogP contribution < -0.4 is 5.32 Å². The largest absolute Gasteiger partial charge is 0.416 e. The second-order valence-corrected chi connectivity index (χ2v) is 7.19. The number of alkyl halides is 3. The lowest BCUT2D eigenvalue weighted by Gasteiger charge is -2.29. The van der Waals surface area contributed by atoms with Crippen molar-refractivity contribution in [1.29, 1.82) is 0 Å². The number of halogens is 3. The standard InChI is InChI=1S/C22H21F3N2O/c23-22(24,25)15-10-8-14(9-11-15)20-13-17(16-5-1-2-6-18(16)27-20)21(28)19-7-3-4-12-26-19/h1-2,5-6,8-11,13,19,21,26,28H,3-4,7,12H2. The molecule has 2 unspecified atom stereocenters. The molecular formula is C22H21F3N2O. The van der Waals surface area contributed by atoms with Crippen molar-refractivity contribution < 1.29 is 18.3 Å². The van der Waals surface area contributed by atoms with Crippen molar-refractivity contribution in [3.05, 3.63) is 65.7 Å². The fourth-order valence-corrected chi connectivity index (χ4v) is 3.79. The number of nitrogens with zero attached hydrogens (tertiary/aromatic N) is 1. The minimum atomic E-state index is -4.37. The smallest absolute Gasteiger partial charge is 0.387 e.